The van der Waals surface area contributed by atoms with E-state index in [0.29, 0.717) is 58.2 Å². The number of halogens is 1. The van der Waals surface area contributed by atoms with Crippen LogP contribution < -0.4 is 54.2 Å². The summed E-state index contributed by atoms with van der Waals surface area (Å²) in [6, 6.07) is 11.2. The molecule has 0 amide bonds. The maximum absolute atomic E-state index is 14.3. The summed E-state index contributed by atoms with van der Waals surface area (Å²) in [6.45, 7) is 12.5. The van der Waals surface area contributed by atoms with Crippen LogP contribution in [-0.4, -0.2) is 171 Å². The number of fused-ring (bicyclic) bond motifs is 4. The molecular weight excluding hydrogens is 1410 g/mol. The van der Waals surface area contributed by atoms with E-state index in [1.165, 1.54) is 68.2 Å². The third kappa shape index (κ3) is 23.5. The molecule has 0 atom stereocenters. The van der Waals surface area contributed by atoms with Gasteiger partial charge in [-0.05, 0) is 80.6 Å². The fraction of sp³-hybridized carbons (Fsp3) is 0.441. The minimum atomic E-state index is -1.57. The Hall–Kier alpha value is -8.12. The second kappa shape index (κ2) is 41.6. The van der Waals surface area contributed by atoms with Crippen LogP contribution in [0.3, 0.4) is 0 Å². The first kappa shape index (κ1) is 86.1. The minimum Gasteiger partial charge on any atom is -0.693 e. The Kier molecular flexibility index (Phi) is 35.8. The Labute approximate surface area is 591 Å². The van der Waals surface area contributed by atoms with Crippen LogP contribution in [0.1, 0.15) is 63.4 Å². The molecule has 100 heavy (non-hydrogen) atoms. The summed E-state index contributed by atoms with van der Waals surface area (Å²) in [6.07, 6.45) is 5.86. The molecule has 32 heteroatoms. The topological polar surface area (TPSA) is 345 Å². The Morgan fingerprint density at radius 3 is 1.21 bits per heavy atom. The Morgan fingerprint density at radius 2 is 0.820 bits per heavy atom. The molecule has 2 N–H and O–H groups in total. The molecular formula is C68H90BBrNO27Si2-. The first-order chi connectivity index (χ1) is 46.4. The summed E-state index contributed by atoms with van der Waals surface area (Å²) < 4.78 is 119. The van der Waals surface area contributed by atoms with Gasteiger partial charge < -0.3 is 72.1 Å². The molecule has 0 spiro atoms. The number of methoxy groups -OCH3 is 8. The number of hydrogen-bond donors (Lipinski definition) is 0. The fourth-order valence-electron chi connectivity index (χ4n) is 9.15. The molecule has 28 nitrogen and oxygen atoms in total. The molecule has 4 aromatic carbocycles. The van der Waals surface area contributed by atoms with Crippen LogP contribution in [-0.2, 0) is 74.5 Å². The van der Waals surface area contributed by atoms with Gasteiger partial charge in [-0.1, -0.05) is 34.5 Å². The molecule has 2 heterocycles. The molecule has 0 saturated carbocycles. The van der Waals surface area contributed by atoms with Crippen molar-refractivity contribution in [1.29, 1.82) is 0 Å². The van der Waals surface area contributed by atoms with Crippen LogP contribution >= 0.6 is 15.9 Å². The van der Waals surface area contributed by atoms with Crippen molar-refractivity contribution in [1.82, 2.24) is 0 Å². The van der Waals surface area contributed by atoms with Gasteiger partial charge in [0.1, 0.15) is 17.4 Å². The molecule has 0 aliphatic heterocycles. The first-order valence-corrected chi connectivity index (χ1v) is 38.1. The molecule has 0 fully saturated rings. The number of rotatable bonds is 34. The number of allylic oxidation sites excluding steroid dienone is 2. The standard InChI is InChI=1S/C33H40O13Si.C19H25BO9Si.C14H15BrO5.2CH4.H2N/c1-37-16-43-25-12-20-10-22(24(34)11-21(20)13-26(25)44-17-38-2)23-15-42-27-14-28(45-18-39-3)32(46-19-40-4)30(29(27)31(23)35)33(36)41-8-9-47(5,6)7;1-24-10-28-14-8-13-15(17(21)12(20-23)9-27-13)16(18(14)29-11-25-2)19(22)26-6-7-30(3,4)5;1-17-7-19-13-5-9-3-11(15)12(16)4-10(9)6-14(13)20-8-18-2;;;/h10,12-15H,8-9,11,16-19H2,1-7H3;8-9H,6-7,10-11H2,1-5H3;3,5-6H,4,7-8H2,1-2H3;2*1H4;1H2/q;;;;;-1. The SMILES string of the molecule is C.C.COCOc1cc2c(cc1OCOC)CC(=O)C(Br)=C2.COCOc1cc2c(cc1OCOC)CC(=O)C(c1coc3cc(OCOC)c(OCOC)c(C(=O)OCC[Si](C)(C)C)c3c1=O)=C2.COCOc1cc2occ(B=O)c(=O)c2c(C(=O)OCC[Si](C)(C)C)c1OCOC.[NH2-]. The van der Waals surface area contributed by atoms with Crippen molar-refractivity contribution < 1.29 is 118 Å². The number of nitrogens with two attached hydrogens (primary N) is 1. The van der Waals surface area contributed by atoms with Crippen LogP contribution in [0.4, 0.5) is 0 Å². The van der Waals surface area contributed by atoms with E-state index in [0.717, 1.165) is 23.4 Å². The second-order valence-corrected chi connectivity index (χ2v) is 35.7. The van der Waals surface area contributed by atoms with Crippen LogP contribution in [0, 0.1) is 0 Å². The van der Waals surface area contributed by atoms with Crippen molar-refractivity contribution in [3.63, 3.8) is 0 Å². The maximum atomic E-state index is 14.3. The van der Waals surface area contributed by atoms with E-state index in [1.807, 2.05) is 6.07 Å². The Bertz CT molecular complexity index is 3950. The van der Waals surface area contributed by atoms with Gasteiger partial charge in [0.05, 0.1) is 22.0 Å². The molecule has 548 valence electrons. The van der Waals surface area contributed by atoms with Crippen molar-refractivity contribution in [2.45, 2.75) is 79.1 Å². The van der Waals surface area contributed by atoms with E-state index in [9.17, 15) is 33.5 Å². The van der Waals surface area contributed by atoms with E-state index >= 15 is 0 Å². The Balaban J connectivity index is 0.000000420. The quantitative estimate of drug-likeness (QED) is 0.0206. The predicted octanol–water partition coefficient (Wildman–Crippen LogP) is 11.3. The average molecular weight is 1500 g/mol. The van der Waals surface area contributed by atoms with Gasteiger partial charge in [0.25, 0.3) is 0 Å². The largest absolute Gasteiger partial charge is 0.693 e. The fourth-order valence-corrected chi connectivity index (χ4v) is 11.0. The van der Waals surface area contributed by atoms with Crippen molar-refractivity contribution in [3.8, 4) is 46.0 Å². The molecule has 8 rings (SSSR count). The van der Waals surface area contributed by atoms with E-state index in [-0.39, 0.29) is 179 Å². The average Bonchev–Trinajstić information content (AvgIpc) is 0.755. The van der Waals surface area contributed by atoms with Gasteiger partial charge in [-0.25, -0.2) is 4.79 Å². The molecule has 2 aromatic heterocycles. The number of hydrogen-bond acceptors (Lipinski definition) is 27. The molecule has 2 aliphatic carbocycles. The van der Waals surface area contributed by atoms with Gasteiger partial charge in [0, 0.05) is 75.2 Å². The van der Waals surface area contributed by atoms with E-state index in [2.05, 4.69) is 55.2 Å². The van der Waals surface area contributed by atoms with E-state index in [1.54, 1.807) is 37.5 Å². The molecule has 2 aliphatic rings. The summed E-state index contributed by atoms with van der Waals surface area (Å²) in [5.41, 5.74) is 1.25. The number of carbonyl (C=O) groups is 4. The molecule has 0 unspecified atom stereocenters. The van der Waals surface area contributed by atoms with Crippen LogP contribution in [0.2, 0.25) is 51.4 Å². The van der Waals surface area contributed by atoms with Gasteiger partial charge in [-0.2, -0.15) is 0 Å². The van der Waals surface area contributed by atoms with Crippen molar-refractivity contribution in [2.24, 2.45) is 0 Å². The number of ether oxygens (including phenoxy) is 18. The van der Waals surface area contributed by atoms with Crippen molar-refractivity contribution in [3.05, 3.63) is 119 Å². The second-order valence-electron chi connectivity index (χ2n) is 23.6. The smallest absolute Gasteiger partial charge is 0.693 e. The minimum absolute atomic E-state index is 0. The molecule has 6 aromatic rings. The molecule has 0 radical (unpaired) electrons. The third-order valence-corrected chi connectivity index (χ3v) is 18.0. The summed E-state index contributed by atoms with van der Waals surface area (Å²) in [5, 5.41) is -0.267. The summed E-state index contributed by atoms with van der Waals surface area (Å²) >= 11 is 3.26. The number of benzene rings is 4. The summed E-state index contributed by atoms with van der Waals surface area (Å²) in [5.74, 6) is -0.0888. The molecule has 0 saturated heterocycles. The monoisotopic (exact) mass is 1500 g/mol. The maximum Gasteiger partial charge on any atom is -0.693 e. The summed E-state index contributed by atoms with van der Waals surface area (Å²) in [7, 11) is 9.06. The zero-order chi connectivity index (χ0) is 71.0. The zero-order valence-electron chi connectivity index (χ0n) is 57.2. The molecule has 0 bridgehead atoms. The van der Waals surface area contributed by atoms with Gasteiger partial charge in [0.15, 0.2) is 86.8 Å². The van der Waals surface area contributed by atoms with Crippen LogP contribution in [0.15, 0.2) is 71.8 Å². The van der Waals surface area contributed by atoms with Gasteiger partial charge in [-0.3, -0.25) is 14.4 Å². The van der Waals surface area contributed by atoms with Crippen molar-refractivity contribution in [2.75, 3.05) is 124 Å². The first-order valence-electron chi connectivity index (χ1n) is 29.9. The predicted molar refractivity (Wildman–Crippen MR) is 382 cm³/mol. The third-order valence-electron chi connectivity index (χ3n) is 13.9. The van der Waals surface area contributed by atoms with Crippen LogP contribution in [0.5, 0.6) is 46.0 Å². The van der Waals surface area contributed by atoms with Crippen molar-refractivity contribution >= 4 is 108 Å². The normalized spacial score (nSPS) is 12.2. The van der Waals surface area contributed by atoms with Crippen LogP contribution in [0.25, 0.3) is 45.8 Å². The number of carbonyl (C=O) groups excluding carboxylic acids is 4. The zero-order valence-corrected chi connectivity index (χ0v) is 60.8. The van der Waals surface area contributed by atoms with E-state index < -0.39 is 38.9 Å². The number of esters is 2. The van der Waals surface area contributed by atoms with E-state index in [4.69, 9.17) is 94.1 Å². The number of ketones is 2. The Morgan fingerprint density at radius 1 is 0.470 bits per heavy atom. The van der Waals surface area contributed by atoms with Gasteiger partial charge >= 0.3 is 181 Å². The number of Topliss-reactive ketones (excluding diaryl/α,β-unsaturated/α-hetero) is 2. The van der Waals surface area contributed by atoms with Gasteiger partial charge in [0.2, 0.25) is 5.43 Å². The summed E-state index contributed by atoms with van der Waals surface area (Å²) in [4.78, 5) is 79.1. The van der Waals surface area contributed by atoms with Gasteiger partial charge in [-0.15, -0.1) is 0 Å².